The molecule has 0 atom stereocenters. The number of hydrogen-bond acceptors (Lipinski definition) is 7. The molecule has 0 saturated carbocycles. The highest BCUT2D eigenvalue weighted by atomic mass is 35.5. The molecule has 0 spiro atoms. The number of ether oxygens (including phenoxy) is 2. The number of nitrogens with zero attached hydrogens (tertiary/aromatic N) is 1. The lowest BCUT2D eigenvalue weighted by Crippen LogP contribution is -2.22. The van der Waals surface area contributed by atoms with Gasteiger partial charge in [-0.05, 0) is 30.7 Å². The fourth-order valence-electron chi connectivity index (χ4n) is 2.39. The van der Waals surface area contributed by atoms with Crippen molar-refractivity contribution in [3.05, 3.63) is 62.7 Å². The summed E-state index contributed by atoms with van der Waals surface area (Å²) >= 11 is 6.01. The lowest BCUT2D eigenvalue weighted by molar-refractivity contribution is -0.384. The average molecular weight is 422 g/mol. The van der Waals surface area contributed by atoms with E-state index in [1.807, 2.05) is 0 Å². The predicted octanol–water partition coefficient (Wildman–Crippen LogP) is 3.41. The molecule has 9 nitrogen and oxygen atoms in total. The normalized spacial score (nSPS) is 10.3. The third-order valence-electron chi connectivity index (χ3n) is 3.93. The van der Waals surface area contributed by atoms with Gasteiger partial charge in [-0.15, -0.1) is 0 Å². The van der Waals surface area contributed by atoms with Crippen molar-refractivity contribution < 1.29 is 24.0 Å². The van der Waals surface area contributed by atoms with Gasteiger partial charge in [0.1, 0.15) is 0 Å². The van der Waals surface area contributed by atoms with Gasteiger partial charge in [-0.1, -0.05) is 17.7 Å². The molecule has 0 radical (unpaired) electrons. The molecule has 0 aliphatic carbocycles. The summed E-state index contributed by atoms with van der Waals surface area (Å²) in [6.07, 6.45) is 0. The van der Waals surface area contributed by atoms with E-state index in [4.69, 9.17) is 21.1 Å². The highest BCUT2D eigenvalue weighted by molar-refractivity contribution is 6.31. The van der Waals surface area contributed by atoms with Crippen molar-refractivity contribution in [1.29, 1.82) is 0 Å². The number of anilines is 2. The van der Waals surface area contributed by atoms with Gasteiger partial charge >= 0.3 is 5.97 Å². The molecule has 2 N–H and O–H groups in total. The van der Waals surface area contributed by atoms with Crippen molar-refractivity contribution in [2.75, 3.05) is 37.5 Å². The molecule has 0 bridgehead atoms. The van der Waals surface area contributed by atoms with Gasteiger partial charge in [0, 0.05) is 42.2 Å². The summed E-state index contributed by atoms with van der Waals surface area (Å²) in [6, 6.07) is 8.79. The van der Waals surface area contributed by atoms with Gasteiger partial charge in [-0.3, -0.25) is 14.9 Å². The maximum atomic E-state index is 12.4. The smallest absolute Gasteiger partial charge is 0.341 e. The number of halogens is 1. The molecule has 0 aromatic heterocycles. The van der Waals surface area contributed by atoms with Crippen LogP contribution in [0.5, 0.6) is 0 Å². The topological polar surface area (TPSA) is 120 Å². The lowest BCUT2D eigenvalue weighted by Gasteiger charge is -2.12. The van der Waals surface area contributed by atoms with Gasteiger partial charge in [-0.25, -0.2) is 4.79 Å². The Morgan fingerprint density at radius 1 is 1.21 bits per heavy atom. The number of methoxy groups -OCH3 is 1. The highest BCUT2D eigenvalue weighted by Crippen LogP contribution is 2.24. The Morgan fingerprint density at radius 3 is 2.66 bits per heavy atom. The molecule has 2 rings (SSSR count). The maximum absolute atomic E-state index is 12.4. The Labute approximate surface area is 172 Å². The minimum atomic E-state index is -0.869. The van der Waals surface area contributed by atoms with E-state index in [-0.39, 0.29) is 11.3 Å². The first-order chi connectivity index (χ1) is 13.8. The molecule has 0 heterocycles. The third-order valence-corrected chi connectivity index (χ3v) is 4.34. The Balaban J connectivity index is 2.08. The van der Waals surface area contributed by atoms with Crippen LogP contribution in [0, 0.1) is 17.0 Å². The van der Waals surface area contributed by atoms with Crippen LogP contribution < -0.4 is 10.6 Å². The van der Waals surface area contributed by atoms with Crippen LogP contribution >= 0.6 is 11.6 Å². The predicted molar refractivity (Wildman–Crippen MR) is 109 cm³/mol. The van der Waals surface area contributed by atoms with Crippen LogP contribution in [-0.2, 0) is 14.3 Å². The number of nitro benzene ring substituents is 1. The first kappa shape index (κ1) is 22.1. The first-order valence-corrected chi connectivity index (χ1v) is 8.94. The number of nitro groups is 1. The van der Waals surface area contributed by atoms with E-state index < -0.39 is 23.4 Å². The van der Waals surface area contributed by atoms with E-state index in [1.54, 1.807) is 25.1 Å². The van der Waals surface area contributed by atoms with Crippen molar-refractivity contribution in [2.45, 2.75) is 6.92 Å². The summed E-state index contributed by atoms with van der Waals surface area (Å²) in [4.78, 5) is 34.9. The van der Waals surface area contributed by atoms with E-state index in [2.05, 4.69) is 10.6 Å². The number of carbonyl (C=O) groups excluding carboxylic acids is 2. The first-order valence-electron chi connectivity index (χ1n) is 8.56. The zero-order valence-corrected chi connectivity index (χ0v) is 16.6. The van der Waals surface area contributed by atoms with Crippen molar-refractivity contribution in [2.24, 2.45) is 0 Å². The van der Waals surface area contributed by atoms with Gasteiger partial charge in [0.15, 0.2) is 6.61 Å². The van der Waals surface area contributed by atoms with Crippen molar-refractivity contribution in [1.82, 2.24) is 0 Å². The molecule has 29 heavy (non-hydrogen) atoms. The van der Waals surface area contributed by atoms with E-state index in [1.165, 1.54) is 19.2 Å². The quantitative estimate of drug-likeness (QED) is 0.275. The van der Waals surface area contributed by atoms with Gasteiger partial charge in [0.25, 0.3) is 11.6 Å². The van der Waals surface area contributed by atoms with E-state index in [0.717, 1.165) is 6.07 Å². The monoisotopic (exact) mass is 421 g/mol. The van der Waals surface area contributed by atoms with Crippen LogP contribution in [-0.4, -0.2) is 43.7 Å². The maximum Gasteiger partial charge on any atom is 0.341 e. The second kappa shape index (κ2) is 10.4. The third kappa shape index (κ3) is 6.16. The summed E-state index contributed by atoms with van der Waals surface area (Å²) in [5, 5.41) is 17.0. The van der Waals surface area contributed by atoms with Gasteiger partial charge in [-0.2, -0.15) is 0 Å². The van der Waals surface area contributed by atoms with Crippen molar-refractivity contribution in [3.63, 3.8) is 0 Å². The number of esters is 1. The standard InChI is InChI=1S/C19H20ClN3O6/c1-12-15(20)4-3-5-16(12)22-18(24)11-29-19(25)14-10-13(23(26)27)6-7-17(14)21-8-9-28-2/h3-7,10,21H,8-9,11H2,1-2H3,(H,22,24). The number of non-ortho nitro benzene ring substituents is 1. The highest BCUT2D eigenvalue weighted by Gasteiger charge is 2.19. The zero-order valence-electron chi connectivity index (χ0n) is 15.9. The second-order valence-electron chi connectivity index (χ2n) is 5.94. The SMILES string of the molecule is COCCNc1ccc([N+](=O)[O-])cc1C(=O)OCC(=O)Nc1cccc(Cl)c1C. The molecule has 0 saturated heterocycles. The minimum Gasteiger partial charge on any atom is -0.452 e. The second-order valence-corrected chi connectivity index (χ2v) is 6.35. The molecule has 154 valence electrons. The van der Waals surface area contributed by atoms with Crippen molar-refractivity contribution in [3.8, 4) is 0 Å². The van der Waals surface area contributed by atoms with Crippen LogP contribution in [0.3, 0.4) is 0 Å². The molecule has 2 aromatic carbocycles. The Bertz CT molecular complexity index is 919. The van der Waals surface area contributed by atoms with E-state index >= 15 is 0 Å². The van der Waals surface area contributed by atoms with Crippen molar-refractivity contribution >= 4 is 40.5 Å². The fraction of sp³-hybridized carbons (Fsp3) is 0.263. The van der Waals surface area contributed by atoms with Crippen LogP contribution in [0.2, 0.25) is 5.02 Å². The summed E-state index contributed by atoms with van der Waals surface area (Å²) < 4.78 is 9.97. The van der Waals surface area contributed by atoms with E-state index in [9.17, 15) is 19.7 Å². The zero-order chi connectivity index (χ0) is 21.4. The number of carbonyl (C=O) groups is 2. The Kier molecular flexibility index (Phi) is 7.93. The largest absolute Gasteiger partial charge is 0.452 e. The molecular weight excluding hydrogens is 402 g/mol. The summed E-state index contributed by atoms with van der Waals surface area (Å²) in [7, 11) is 1.52. The van der Waals surface area contributed by atoms with E-state index in [0.29, 0.717) is 35.1 Å². The molecule has 1 amide bonds. The van der Waals surface area contributed by atoms with Gasteiger partial charge in [0.2, 0.25) is 0 Å². The molecular formula is C19H20ClN3O6. The molecule has 10 heteroatoms. The van der Waals surface area contributed by atoms with Crippen LogP contribution in [0.25, 0.3) is 0 Å². The number of rotatable bonds is 9. The number of nitrogens with one attached hydrogen (secondary N) is 2. The lowest BCUT2D eigenvalue weighted by atomic mass is 10.1. The van der Waals surface area contributed by atoms with Crippen LogP contribution in [0.1, 0.15) is 15.9 Å². The molecule has 0 aliphatic heterocycles. The fourth-order valence-corrected chi connectivity index (χ4v) is 2.57. The molecule has 2 aromatic rings. The Morgan fingerprint density at radius 2 is 1.97 bits per heavy atom. The van der Waals surface area contributed by atoms with Crippen LogP contribution in [0.4, 0.5) is 17.1 Å². The summed E-state index contributed by atoms with van der Waals surface area (Å²) in [5.41, 5.74) is 1.19. The van der Waals surface area contributed by atoms with Gasteiger partial charge in [0.05, 0.1) is 17.1 Å². The summed E-state index contributed by atoms with van der Waals surface area (Å²) in [6.45, 7) is 1.92. The Hall–Kier alpha value is -3.17. The molecule has 0 fully saturated rings. The van der Waals surface area contributed by atoms with Gasteiger partial charge < -0.3 is 20.1 Å². The average Bonchev–Trinajstić information content (AvgIpc) is 2.70. The van der Waals surface area contributed by atoms with Crippen LogP contribution in [0.15, 0.2) is 36.4 Å². The number of amides is 1. The minimum absolute atomic E-state index is 0.0537. The number of hydrogen-bond donors (Lipinski definition) is 2. The summed E-state index contributed by atoms with van der Waals surface area (Å²) in [5.74, 6) is -1.44. The molecule has 0 aliphatic rings. The number of benzene rings is 2. The molecule has 0 unspecified atom stereocenters.